The molecule has 1 amide bonds. The summed E-state index contributed by atoms with van der Waals surface area (Å²) in [5.74, 6) is -0.691. The highest BCUT2D eigenvalue weighted by molar-refractivity contribution is 6.34. The number of hydroxylamine groups is 1. The Morgan fingerprint density at radius 2 is 2.11 bits per heavy atom. The van der Waals surface area contributed by atoms with Crippen LogP contribution in [0, 0.1) is 10.1 Å². The third kappa shape index (κ3) is 3.21. The van der Waals surface area contributed by atoms with Crippen molar-refractivity contribution < 1.29 is 14.6 Å². The summed E-state index contributed by atoms with van der Waals surface area (Å²) < 4.78 is 0. The van der Waals surface area contributed by atoms with E-state index in [1.165, 1.54) is 18.2 Å². The number of hydrogen-bond acceptors (Lipinski definition) is 4. The van der Waals surface area contributed by atoms with Crippen LogP contribution in [-0.2, 0) is 4.84 Å². The minimum Gasteiger partial charge on any atom is -0.270 e. The molecule has 0 atom stereocenters. The van der Waals surface area contributed by atoms with Crippen molar-refractivity contribution in [2.75, 3.05) is 0 Å². The number of nitrogens with one attached hydrogen (secondary N) is 1. The third-order valence-electron chi connectivity index (χ3n) is 3.04. The zero-order chi connectivity index (χ0) is 13.8. The van der Waals surface area contributed by atoms with Gasteiger partial charge in [-0.3, -0.25) is 19.7 Å². The Hall–Kier alpha value is -1.66. The first-order chi connectivity index (χ1) is 9.09. The summed E-state index contributed by atoms with van der Waals surface area (Å²) in [6.45, 7) is 0. The zero-order valence-corrected chi connectivity index (χ0v) is 10.9. The topological polar surface area (TPSA) is 81.5 Å². The van der Waals surface area contributed by atoms with E-state index in [0.29, 0.717) is 0 Å². The van der Waals surface area contributed by atoms with Gasteiger partial charge >= 0.3 is 0 Å². The summed E-state index contributed by atoms with van der Waals surface area (Å²) in [6, 6.07) is 4.09. The van der Waals surface area contributed by atoms with Crippen LogP contribution in [0.5, 0.6) is 0 Å². The van der Waals surface area contributed by atoms with Crippen LogP contribution >= 0.6 is 11.6 Å². The van der Waals surface area contributed by atoms with Gasteiger partial charge in [-0.15, -0.1) is 0 Å². The van der Waals surface area contributed by atoms with Crippen molar-refractivity contribution in [3.8, 4) is 0 Å². The lowest BCUT2D eigenvalue weighted by atomic mass is 10.1. The molecule has 1 aromatic carbocycles. The Labute approximate surface area is 114 Å². The monoisotopic (exact) mass is 284 g/mol. The Kier molecular flexibility index (Phi) is 4.34. The fourth-order valence-corrected chi connectivity index (χ4v) is 2.34. The molecule has 1 aromatic rings. The molecule has 0 saturated heterocycles. The van der Waals surface area contributed by atoms with Gasteiger partial charge in [0.25, 0.3) is 11.6 Å². The second-order valence-electron chi connectivity index (χ2n) is 4.35. The van der Waals surface area contributed by atoms with Crippen molar-refractivity contribution in [1.82, 2.24) is 5.48 Å². The van der Waals surface area contributed by atoms with Gasteiger partial charge in [-0.05, 0) is 18.9 Å². The lowest BCUT2D eigenvalue weighted by molar-refractivity contribution is -0.385. The van der Waals surface area contributed by atoms with Gasteiger partial charge in [0.15, 0.2) is 0 Å². The van der Waals surface area contributed by atoms with Crippen molar-refractivity contribution in [2.45, 2.75) is 31.8 Å². The molecule has 1 N–H and O–H groups in total. The van der Waals surface area contributed by atoms with E-state index in [-0.39, 0.29) is 22.4 Å². The first-order valence-corrected chi connectivity index (χ1v) is 6.36. The van der Waals surface area contributed by atoms with Crippen LogP contribution in [0.2, 0.25) is 5.02 Å². The van der Waals surface area contributed by atoms with Gasteiger partial charge in [-0.2, -0.15) is 0 Å². The Morgan fingerprint density at radius 3 is 2.74 bits per heavy atom. The minimum atomic E-state index is -0.691. The van der Waals surface area contributed by atoms with Crippen LogP contribution < -0.4 is 5.48 Å². The van der Waals surface area contributed by atoms with Crippen molar-refractivity contribution in [1.29, 1.82) is 0 Å². The summed E-state index contributed by atoms with van der Waals surface area (Å²) in [5, 5.41) is 10.9. The van der Waals surface area contributed by atoms with E-state index in [1.807, 2.05) is 0 Å². The van der Waals surface area contributed by atoms with E-state index < -0.39 is 10.8 Å². The summed E-state index contributed by atoms with van der Waals surface area (Å²) in [5.41, 5.74) is 1.74. The highest BCUT2D eigenvalue weighted by Gasteiger charge is 2.25. The number of nitro groups is 1. The van der Waals surface area contributed by atoms with Gasteiger partial charge in [-0.25, -0.2) is 5.48 Å². The maximum atomic E-state index is 11.9. The summed E-state index contributed by atoms with van der Waals surface area (Å²) in [7, 11) is 0. The molecule has 0 aliphatic heterocycles. The van der Waals surface area contributed by atoms with Gasteiger partial charge < -0.3 is 0 Å². The van der Waals surface area contributed by atoms with Crippen molar-refractivity contribution >= 4 is 23.2 Å². The summed E-state index contributed by atoms with van der Waals surface area (Å²) in [6.07, 6.45) is 3.86. The van der Waals surface area contributed by atoms with Gasteiger partial charge in [0, 0.05) is 6.07 Å². The Balaban J connectivity index is 2.11. The van der Waals surface area contributed by atoms with E-state index >= 15 is 0 Å². The van der Waals surface area contributed by atoms with E-state index in [2.05, 4.69) is 5.48 Å². The van der Waals surface area contributed by atoms with Gasteiger partial charge in [0.1, 0.15) is 5.56 Å². The predicted molar refractivity (Wildman–Crippen MR) is 68.9 cm³/mol. The molecule has 1 fully saturated rings. The zero-order valence-electron chi connectivity index (χ0n) is 10.1. The summed E-state index contributed by atoms with van der Waals surface area (Å²) >= 11 is 5.84. The van der Waals surface area contributed by atoms with Crippen LogP contribution in [0.4, 0.5) is 5.69 Å². The SMILES string of the molecule is O=C(NOC1CCCC1)c1c(Cl)cccc1[N+](=O)[O-]. The van der Waals surface area contributed by atoms with E-state index in [0.717, 1.165) is 25.7 Å². The number of benzene rings is 1. The molecule has 6 nitrogen and oxygen atoms in total. The number of amides is 1. The second-order valence-corrected chi connectivity index (χ2v) is 4.75. The Morgan fingerprint density at radius 1 is 1.42 bits per heavy atom. The van der Waals surface area contributed by atoms with Gasteiger partial charge in [0.05, 0.1) is 16.0 Å². The van der Waals surface area contributed by atoms with E-state index in [9.17, 15) is 14.9 Å². The maximum Gasteiger partial charge on any atom is 0.283 e. The third-order valence-corrected chi connectivity index (χ3v) is 3.35. The van der Waals surface area contributed by atoms with Crippen LogP contribution in [0.3, 0.4) is 0 Å². The number of nitro benzene ring substituents is 1. The summed E-state index contributed by atoms with van der Waals surface area (Å²) in [4.78, 5) is 27.4. The molecule has 0 unspecified atom stereocenters. The molecule has 19 heavy (non-hydrogen) atoms. The van der Waals surface area contributed by atoms with Crippen molar-refractivity contribution in [3.63, 3.8) is 0 Å². The standard InChI is InChI=1S/C12H13ClN2O4/c13-9-6-3-7-10(15(17)18)11(9)12(16)14-19-8-4-1-2-5-8/h3,6-8H,1-2,4-5H2,(H,14,16). The molecule has 1 aliphatic rings. The van der Waals surface area contributed by atoms with Gasteiger partial charge in [0.2, 0.25) is 0 Å². The lowest BCUT2D eigenvalue weighted by Gasteiger charge is -2.12. The lowest BCUT2D eigenvalue weighted by Crippen LogP contribution is -2.29. The highest BCUT2D eigenvalue weighted by atomic mass is 35.5. The molecule has 7 heteroatoms. The molecule has 0 heterocycles. The predicted octanol–water partition coefficient (Wildman–Crippen LogP) is 2.85. The molecular weight excluding hydrogens is 272 g/mol. The van der Waals surface area contributed by atoms with E-state index in [1.54, 1.807) is 0 Å². The molecule has 0 spiro atoms. The second kappa shape index (κ2) is 5.99. The van der Waals surface area contributed by atoms with E-state index in [4.69, 9.17) is 16.4 Å². The van der Waals surface area contributed by atoms with Crippen LogP contribution in [-0.4, -0.2) is 16.9 Å². The minimum absolute atomic E-state index is 0.0227. The van der Waals surface area contributed by atoms with Crippen molar-refractivity contribution in [2.24, 2.45) is 0 Å². The Bertz CT molecular complexity index is 501. The van der Waals surface area contributed by atoms with Crippen LogP contribution in [0.25, 0.3) is 0 Å². The molecule has 1 saturated carbocycles. The number of hydrogen-bond donors (Lipinski definition) is 1. The number of halogens is 1. The molecule has 0 radical (unpaired) electrons. The highest BCUT2D eigenvalue weighted by Crippen LogP contribution is 2.26. The van der Waals surface area contributed by atoms with Crippen LogP contribution in [0.15, 0.2) is 18.2 Å². The quantitative estimate of drug-likeness (QED) is 0.681. The molecule has 0 aromatic heterocycles. The largest absolute Gasteiger partial charge is 0.283 e. The fraction of sp³-hybridized carbons (Fsp3) is 0.417. The molecule has 0 bridgehead atoms. The first-order valence-electron chi connectivity index (χ1n) is 5.98. The molecular formula is C12H13ClN2O4. The average Bonchev–Trinajstić information content (AvgIpc) is 2.88. The normalized spacial score (nSPS) is 15.4. The fourth-order valence-electron chi connectivity index (χ4n) is 2.08. The molecule has 102 valence electrons. The van der Waals surface area contributed by atoms with Gasteiger partial charge in [-0.1, -0.05) is 30.5 Å². The maximum absolute atomic E-state index is 11.9. The van der Waals surface area contributed by atoms with Crippen LogP contribution in [0.1, 0.15) is 36.0 Å². The molecule has 2 rings (SSSR count). The number of rotatable bonds is 4. The molecule has 1 aliphatic carbocycles. The number of carbonyl (C=O) groups is 1. The average molecular weight is 285 g/mol. The smallest absolute Gasteiger partial charge is 0.270 e. The number of nitrogens with zero attached hydrogens (tertiary/aromatic N) is 1. The van der Waals surface area contributed by atoms with Crippen molar-refractivity contribution in [3.05, 3.63) is 38.9 Å². The number of carbonyl (C=O) groups excluding carboxylic acids is 1. The first kappa shape index (κ1) is 13.8.